The summed E-state index contributed by atoms with van der Waals surface area (Å²) in [5.74, 6) is 0.455. The molecule has 0 aromatic heterocycles. The number of carbonyl (C=O) groups is 1. The van der Waals surface area contributed by atoms with E-state index in [2.05, 4.69) is 20.8 Å². The van der Waals surface area contributed by atoms with E-state index >= 15 is 0 Å². The van der Waals surface area contributed by atoms with Gasteiger partial charge in [0.2, 0.25) is 0 Å². The molecule has 1 aliphatic heterocycles. The molecule has 0 amide bonds. The van der Waals surface area contributed by atoms with E-state index in [1.165, 1.54) is 19.2 Å². The molecule has 126 valence electrons. The second-order valence-corrected chi connectivity index (χ2v) is 6.21. The van der Waals surface area contributed by atoms with Gasteiger partial charge in [0.05, 0.1) is 22.4 Å². The van der Waals surface area contributed by atoms with Gasteiger partial charge < -0.3 is 9.47 Å². The van der Waals surface area contributed by atoms with Crippen LogP contribution in [0.15, 0.2) is 22.7 Å². The molecule has 7 nitrogen and oxygen atoms in total. The van der Waals surface area contributed by atoms with E-state index in [1.807, 2.05) is 0 Å². The van der Waals surface area contributed by atoms with Gasteiger partial charge in [0.15, 0.2) is 0 Å². The maximum absolute atomic E-state index is 11.5. The third-order valence-electron chi connectivity index (χ3n) is 3.91. The molecular weight excluding hydrogens is 368 g/mol. The zero-order valence-electron chi connectivity index (χ0n) is 12.9. The van der Waals surface area contributed by atoms with E-state index in [-0.39, 0.29) is 17.6 Å². The zero-order valence-corrected chi connectivity index (χ0v) is 14.5. The summed E-state index contributed by atoms with van der Waals surface area (Å²) in [6.45, 7) is 2.91. The largest absolute Gasteiger partial charge is 0.491 e. The Morgan fingerprint density at radius 2 is 2.13 bits per heavy atom. The van der Waals surface area contributed by atoms with Crippen LogP contribution in [0.2, 0.25) is 0 Å². The Hall–Kier alpha value is -1.67. The lowest BCUT2D eigenvalue weighted by Crippen LogP contribution is -2.38. The van der Waals surface area contributed by atoms with Crippen LogP contribution >= 0.6 is 15.9 Å². The van der Waals surface area contributed by atoms with Crippen molar-refractivity contribution in [3.8, 4) is 5.75 Å². The number of nitro groups is 1. The van der Waals surface area contributed by atoms with E-state index in [1.54, 1.807) is 6.07 Å². The van der Waals surface area contributed by atoms with Crippen molar-refractivity contribution in [3.63, 3.8) is 0 Å². The van der Waals surface area contributed by atoms with Crippen LogP contribution in [0.3, 0.4) is 0 Å². The zero-order chi connectivity index (χ0) is 16.8. The minimum atomic E-state index is -0.444. The number of benzene rings is 1. The molecule has 0 atom stereocenters. The van der Waals surface area contributed by atoms with Crippen LogP contribution in [0.4, 0.5) is 5.69 Å². The fraction of sp³-hybridized carbons (Fsp3) is 0.533. The first kappa shape index (κ1) is 17.7. The molecule has 0 unspecified atom stereocenters. The standard InChI is InChI=1S/C15H19BrN2O5/c1-22-15(19)11-4-6-17(7-5-11)8-9-23-14-3-2-12(18(20)21)10-13(14)16/h2-3,10-11H,4-9H2,1H3. The summed E-state index contributed by atoms with van der Waals surface area (Å²) in [5, 5.41) is 10.7. The first-order chi connectivity index (χ1) is 11.0. The van der Waals surface area contributed by atoms with E-state index in [0.717, 1.165) is 32.5 Å². The van der Waals surface area contributed by atoms with Crippen LogP contribution < -0.4 is 4.74 Å². The molecule has 2 rings (SSSR count). The third-order valence-corrected chi connectivity index (χ3v) is 4.53. The number of likely N-dealkylation sites (tertiary alicyclic amines) is 1. The monoisotopic (exact) mass is 386 g/mol. The predicted molar refractivity (Wildman–Crippen MR) is 87.5 cm³/mol. The molecule has 0 bridgehead atoms. The number of non-ortho nitro benzene ring substituents is 1. The van der Waals surface area contributed by atoms with Crippen molar-refractivity contribution < 1.29 is 19.2 Å². The molecule has 8 heteroatoms. The first-order valence-corrected chi connectivity index (χ1v) is 8.17. The second-order valence-electron chi connectivity index (χ2n) is 5.36. The highest BCUT2D eigenvalue weighted by Gasteiger charge is 2.25. The average molecular weight is 387 g/mol. The Kier molecular flexibility index (Phi) is 6.35. The molecule has 1 saturated heterocycles. The summed E-state index contributed by atoms with van der Waals surface area (Å²) < 4.78 is 11.0. The van der Waals surface area contributed by atoms with Crippen molar-refractivity contribution in [1.29, 1.82) is 0 Å². The molecule has 1 aromatic rings. The van der Waals surface area contributed by atoms with E-state index in [9.17, 15) is 14.9 Å². The number of nitrogens with zero attached hydrogens (tertiary/aromatic N) is 2. The molecular formula is C15H19BrN2O5. The number of nitro benzene ring substituents is 1. The number of methoxy groups -OCH3 is 1. The number of piperidine rings is 1. The van der Waals surface area contributed by atoms with Gasteiger partial charge in [-0.05, 0) is 47.9 Å². The Morgan fingerprint density at radius 3 is 2.70 bits per heavy atom. The van der Waals surface area contributed by atoms with Gasteiger partial charge in [-0.15, -0.1) is 0 Å². The molecule has 0 N–H and O–H groups in total. The molecule has 23 heavy (non-hydrogen) atoms. The first-order valence-electron chi connectivity index (χ1n) is 7.38. The van der Waals surface area contributed by atoms with Crippen molar-refractivity contribution in [2.24, 2.45) is 5.92 Å². The summed E-state index contributed by atoms with van der Waals surface area (Å²) in [4.78, 5) is 23.9. The minimum Gasteiger partial charge on any atom is -0.491 e. The van der Waals surface area contributed by atoms with E-state index in [4.69, 9.17) is 9.47 Å². The van der Waals surface area contributed by atoms with Gasteiger partial charge in [-0.25, -0.2) is 0 Å². The summed E-state index contributed by atoms with van der Waals surface area (Å²) >= 11 is 3.28. The van der Waals surface area contributed by atoms with Crippen molar-refractivity contribution >= 4 is 27.6 Å². The quantitative estimate of drug-likeness (QED) is 0.424. The van der Waals surface area contributed by atoms with Crippen LogP contribution in [0.25, 0.3) is 0 Å². The van der Waals surface area contributed by atoms with E-state index in [0.29, 0.717) is 16.8 Å². The molecule has 0 aliphatic carbocycles. The lowest BCUT2D eigenvalue weighted by atomic mass is 9.97. The number of hydrogen-bond donors (Lipinski definition) is 0. The highest BCUT2D eigenvalue weighted by Crippen LogP contribution is 2.29. The Bertz CT molecular complexity index is 573. The number of halogens is 1. The highest BCUT2D eigenvalue weighted by molar-refractivity contribution is 9.10. The normalized spacial score (nSPS) is 16.1. The van der Waals surface area contributed by atoms with Crippen LogP contribution in [0.5, 0.6) is 5.75 Å². The topological polar surface area (TPSA) is 81.9 Å². The highest BCUT2D eigenvalue weighted by atomic mass is 79.9. The summed E-state index contributed by atoms with van der Waals surface area (Å²) in [6.07, 6.45) is 1.60. The molecule has 1 aromatic carbocycles. The van der Waals surface area contributed by atoms with Crippen molar-refractivity contribution in [2.45, 2.75) is 12.8 Å². The Labute approximate surface area is 142 Å². The molecule has 1 heterocycles. The van der Waals surface area contributed by atoms with Gasteiger partial charge in [0.25, 0.3) is 5.69 Å². The van der Waals surface area contributed by atoms with Crippen LogP contribution in [-0.4, -0.2) is 49.1 Å². The number of ether oxygens (including phenoxy) is 2. The smallest absolute Gasteiger partial charge is 0.308 e. The molecule has 1 aliphatic rings. The lowest BCUT2D eigenvalue weighted by Gasteiger charge is -2.30. The lowest BCUT2D eigenvalue weighted by molar-refractivity contribution is -0.385. The number of rotatable bonds is 6. The summed E-state index contributed by atoms with van der Waals surface area (Å²) in [7, 11) is 1.42. The third kappa shape index (κ3) is 4.90. The number of hydrogen-bond acceptors (Lipinski definition) is 6. The van der Waals surface area contributed by atoms with Crippen LogP contribution in [-0.2, 0) is 9.53 Å². The van der Waals surface area contributed by atoms with Crippen LogP contribution in [0.1, 0.15) is 12.8 Å². The van der Waals surface area contributed by atoms with Gasteiger partial charge in [-0.1, -0.05) is 0 Å². The Morgan fingerprint density at radius 1 is 1.43 bits per heavy atom. The summed E-state index contributed by atoms with van der Waals surface area (Å²) in [6, 6.07) is 4.44. The van der Waals surface area contributed by atoms with Gasteiger partial charge in [0.1, 0.15) is 12.4 Å². The molecule has 0 saturated carbocycles. The Balaban J connectivity index is 1.76. The fourth-order valence-corrected chi connectivity index (χ4v) is 3.05. The SMILES string of the molecule is COC(=O)C1CCN(CCOc2ccc([N+](=O)[O-])cc2Br)CC1. The number of carbonyl (C=O) groups excluding carboxylic acids is 1. The van der Waals surface area contributed by atoms with Gasteiger partial charge >= 0.3 is 5.97 Å². The van der Waals surface area contributed by atoms with Crippen molar-refractivity contribution in [1.82, 2.24) is 4.90 Å². The van der Waals surface area contributed by atoms with E-state index < -0.39 is 4.92 Å². The van der Waals surface area contributed by atoms with Crippen LogP contribution in [0, 0.1) is 16.0 Å². The maximum atomic E-state index is 11.5. The van der Waals surface area contributed by atoms with Gasteiger partial charge in [-0.3, -0.25) is 19.8 Å². The molecule has 0 spiro atoms. The minimum absolute atomic E-state index is 0.000912. The molecule has 1 fully saturated rings. The second kappa shape index (κ2) is 8.26. The fourth-order valence-electron chi connectivity index (χ4n) is 2.56. The predicted octanol–water partition coefficient (Wildman–Crippen LogP) is 2.62. The van der Waals surface area contributed by atoms with Gasteiger partial charge in [0, 0.05) is 18.7 Å². The number of esters is 1. The average Bonchev–Trinajstić information content (AvgIpc) is 2.56. The van der Waals surface area contributed by atoms with Gasteiger partial charge in [-0.2, -0.15) is 0 Å². The van der Waals surface area contributed by atoms with Crippen molar-refractivity contribution in [3.05, 3.63) is 32.8 Å². The maximum Gasteiger partial charge on any atom is 0.308 e. The van der Waals surface area contributed by atoms with Crippen molar-refractivity contribution in [2.75, 3.05) is 33.4 Å². The molecule has 0 radical (unpaired) electrons. The summed E-state index contributed by atoms with van der Waals surface area (Å²) in [5.41, 5.74) is 0.0223.